The Morgan fingerprint density at radius 2 is 2.46 bits per heavy atom. The number of hydrogen-bond donors (Lipinski definition) is 2. The van der Waals surface area contributed by atoms with E-state index in [2.05, 4.69) is 4.98 Å². The number of nitrogens with zero attached hydrogens (tertiary/aromatic N) is 1. The molecular weight excluding hydrogens is 168 g/mol. The molecule has 1 atom stereocenters. The van der Waals surface area contributed by atoms with Crippen LogP contribution < -0.4 is 5.73 Å². The molecule has 0 aromatic carbocycles. The van der Waals surface area contributed by atoms with Crippen LogP contribution in [0.3, 0.4) is 0 Å². The van der Waals surface area contributed by atoms with E-state index in [-0.39, 0.29) is 11.3 Å². The molecule has 1 unspecified atom stereocenters. The van der Waals surface area contributed by atoms with Crippen molar-refractivity contribution in [2.75, 3.05) is 5.73 Å². The van der Waals surface area contributed by atoms with Crippen LogP contribution in [0.25, 0.3) is 0 Å². The van der Waals surface area contributed by atoms with E-state index in [1.54, 1.807) is 6.92 Å². The van der Waals surface area contributed by atoms with Crippen LogP contribution in [0.15, 0.2) is 18.5 Å². The number of aromatic nitrogens is 1. The van der Waals surface area contributed by atoms with E-state index < -0.39 is 6.10 Å². The normalized spacial score (nSPS) is 12.5. The third-order valence-electron chi connectivity index (χ3n) is 1.81. The van der Waals surface area contributed by atoms with Crippen LogP contribution in [-0.2, 0) is 0 Å². The van der Waals surface area contributed by atoms with Gasteiger partial charge in [0.15, 0.2) is 5.78 Å². The van der Waals surface area contributed by atoms with Crippen molar-refractivity contribution in [3.63, 3.8) is 0 Å². The number of rotatable bonds is 3. The number of aliphatic hydroxyl groups excluding tert-OH is 1. The fourth-order valence-corrected chi connectivity index (χ4v) is 0.976. The van der Waals surface area contributed by atoms with Gasteiger partial charge in [0.05, 0.1) is 5.56 Å². The Hall–Kier alpha value is -1.42. The number of Topliss-reactive ketones (excluding diaryl/α,β-unsaturated/α-hetero) is 1. The highest BCUT2D eigenvalue weighted by molar-refractivity contribution is 6.03. The summed E-state index contributed by atoms with van der Waals surface area (Å²) in [5, 5.41) is 9.27. The average molecular weight is 180 g/mol. The fourth-order valence-electron chi connectivity index (χ4n) is 0.976. The second-order valence-electron chi connectivity index (χ2n) is 2.75. The number of aliphatic hydroxyl groups is 1. The molecule has 4 heteroatoms. The maximum Gasteiger partial charge on any atom is 0.194 e. The van der Waals surface area contributed by atoms with Crippen molar-refractivity contribution in [3.05, 3.63) is 24.0 Å². The summed E-state index contributed by atoms with van der Waals surface area (Å²) >= 11 is 0. The first-order valence-corrected chi connectivity index (χ1v) is 4.08. The van der Waals surface area contributed by atoms with Crippen LogP contribution in [0.4, 0.5) is 5.69 Å². The Morgan fingerprint density at radius 3 is 3.00 bits per heavy atom. The summed E-state index contributed by atoms with van der Waals surface area (Å²) in [4.78, 5) is 15.2. The standard InChI is InChI=1S/C9H12N2O2/c1-2-8(12)9(13)6-5-11-4-3-7(6)10/h3-5,8,12H,2H2,1H3,(H2,10,11). The maximum atomic E-state index is 11.4. The number of carbonyl (C=O) groups is 1. The topological polar surface area (TPSA) is 76.2 Å². The van der Waals surface area contributed by atoms with Crippen LogP contribution in [0.1, 0.15) is 23.7 Å². The molecule has 70 valence electrons. The number of hydrogen-bond acceptors (Lipinski definition) is 4. The number of ketones is 1. The van der Waals surface area contributed by atoms with Gasteiger partial charge in [-0.3, -0.25) is 9.78 Å². The summed E-state index contributed by atoms with van der Waals surface area (Å²) in [5.74, 6) is -0.367. The van der Waals surface area contributed by atoms with Crippen molar-refractivity contribution in [2.24, 2.45) is 0 Å². The lowest BCUT2D eigenvalue weighted by molar-refractivity contribution is 0.0741. The molecule has 0 spiro atoms. The molecule has 0 aliphatic heterocycles. The van der Waals surface area contributed by atoms with Crippen molar-refractivity contribution in [3.8, 4) is 0 Å². The molecule has 1 aromatic heterocycles. The minimum Gasteiger partial charge on any atom is -0.398 e. The maximum absolute atomic E-state index is 11.4. The molecule has 0 saturated carbocycles. The molecule has 13 heavy (non-hydrogen) atoms. The van der Waals surface area contributed by atoms with Gasteiger partial charge in [-0.25, -0.2) is 0 Å². The zero-order valence-electron chi connectivity index (χ0n) is 7.40. The molecule has 4 nitrogen and oxygen atoms in total. The van der Waals surface area contributed by atoms with E-state index in [9.17, 15) is 9.90 Å². The number of anilines is 1. The quantitative estimate of drug-likeness (QED) is 0.668. The largest absolute Gasteiger partial charge is 0.398 e. The van der Waals surface area contributed by atoms with Gasteiger partial charge in [-0.05, 0) is 12.5 Å². The van der Waals surface area contributed by atoms with Gasteiger partial charge in [-0.1, -0.05) is 6.92 Å². The van der Waals surface area contributed by atoms with E-state index in [1.807, 2.05) is 0 Å². The first kappa shape index (κ1) is 9.67. The van der Waals surface area contributed by atoms with Gasteiger partial charge in [-0.2, -0.15) is 0 Å². The molecule has 0 amide bonds. The van der Waals surface area contributed by atoms with Gasteiger partial charge in [0.2, 0.25) is 0 Å². The Morgan fingerprint density at radius 1 is 1.77 bits per heavy atom. The molecule has 0 radical (unpaired) electrons. The first-order chi connectivity index (χ1) is 6.16. The highest BCUT2D eigenvalue weighted by Gasteiger charge is 2.17. The van der Waals surface area contributed by atoms with Crippen LogP contribution in [-0.4, -0.2) is 22.0 Å². The predicted molar refractivity (Wildman–Crippen MR) is 49.3 cm³/mol. The summed E-state index contributed by atoms with van der Waals surface area (Å²) in [6, 6.07) is 1.54. The lowest BCUT2D eigenvalue weighted by Gasteiger charge is -2.07. The van der Waals surface area contributed by atoms with Crippen molar-refractivity contribution in [1.29, 1.82) is 0 Å². The van der Waals surface area contributed by atoms with Gasteiger partial charge in [0.1, 0.15) is 6.10 Å². The third-order valence-corrected chi connectivity index (χ3v) is 1.81. The lowest BCUT2D eigenvalue weighted by Crippen LogP contribution is -2.20. The fraction of sp³-hybridized carbons (Fsp3) is 0.333. The minimum atomic E-state index is -0.980. The van der Waals surface area contributed by atoms with Crippen molar-refractivity contribution < 1.29 is 9.90 Å². The second-order valence-corrected chi connectivity index (χ2v) is 2.75. The van der Waals surface area contributed by atoms with Crippen molar-refractivity contribution in [1.82, 2.24) is 4.98 Å². The summed E-state index contributed by atoms with van der Waals surface area (Å²) in [6.45, 7) is 1.73. The van der Waals surface area contributed by atoms with Gasteiger partial charge in [-0.15, -0.1) is 0 Å². The minimum absolute atomic E-state index is 0.289. The molecule has 1 rings (SSSR count). The number of pyridine rings is 1. The van der Waals surface area contributed by atoms with Crippen LogP contribution in [0, 0.1) is 0 Å². The van der Waals surface area contributed by atoms with E-state index in [4.69, 9.17) is 5.73 Å². The summed E-state index contributed by atoms with van der Waals surface area (Å²) in [7, 11) is 0. The summed E-state index contributed by atoms with van der Waals surface area (Å²) < 4.78 is 0. The molecule has 1 aromatic rings. The van der Waals surface area contributed by atoms with Gasteiger partial charge in [0, 0.05) is 18.1 Å². The highest BCUT2D eigenvalue weighted by atomic mass is 16.3. The van der Waals surface area contributed by atoms with E-state index >= 15 is 0 Å². The number of nitrogen functional groups attached to an aromatic ring is 1. The molecule has 0 fully saturated rings. The molecule has 1 heterocycles. The Kier molecular flexibility index (Phi) is 2.97. The molecule has 0 bridgehead atoms. The third kappa shape index (κ3) is 2.03. The van der Waals surface area contributed by atoms with Crippen molar-refractivity contribution >= 4 is 11.5 Å². The van der Waals surface area contributed by atoms with Gasteiger partial charge in [0.25, 0.3) is 0 Å². The van der Waals surface area contributed by atoms with E-state index in [1.165, 1.54) is 18.5 Å². The lowest BCUT2D eigenvalue weighted by atomic mass is 10.1. The Balaban J connectivity index is 2.95. The smallest absolute Gasteiger partial charge is 0.194 e. The molecule has 0 aliphatic rings. The monoisotopic (exact) mass is 180 g/mol. The number of nitrogens with two attached hydrogens (primary N) is 1. The van der Waals surface area contributed by atoms with Gasteiger partial charge < -0.3 is 10.8 Å². The SMILES string of the molecule is CCC(O)C(=O)c1cnccc1N. The Labute approximate surface area is 76.4 Å². The zero-order chi connectivity index (χ0) is 9.84. The zero-order valence-corrected chi connectivity index (χ0v) is 7.40. The predicted octanol–water partition coefficient (Wildman–Crippen LogP) is 0.617. The molecule has 0 saturated heterocycles. The van der Waals surface area contributed by atoms with Crippen molar-refractivity contribution in [2.45, 2.75) is 19.4 Å². The second kappa shape index (κ2) is 4.00. The molecule has 3 N–H and O–H groups in total. The van der Waals surface area contributed by atoms with Crippen LogP contribution in [0.2, 0.25) is 0 Å². The average Bonchev–Trinajstić information content (AvgIpc) is 2.16. The van der Waals surface area contributed by atoms with E-state index in [0.29, 0.717) is 12.1 Å². The van der Waals surface area contributed by atoms with Crippen LogP contribution in [0.5, 0.6) is 0 Å². The van der Waals surface area contributed by atoms with Crippen LogP contribution >= 0.6 is 0 Å². The highest BCUT2D eigenvalue weighted by Crippen LogP contribution is 2.12. The van der Waals surface area contributed by atoms with Gasteiger partial charge >= 0.3 is 0 Å². The Bertz CT molecular complexity index is 312. The first-order valence-electron chi connectivity index (χ1n) is 4.08. The summed E-state index contributed by atoms with van der Waals surface area (Å²) in [6.07, 6.45) is 2.28. The summed E-state index contributed by atoms with van der Waals surface area (Å²) in [5.41, 5.74) is 6.18. The molecule has 0 aliphatic carbocycles. The molecular formula is C9H12N2O2. The van der Waals surface area contributed by atoms with E-state index in [0.717, 1.165) is 0 Å². The number of carbonyl (C=O) groups excluding carboxylic acids is 1.